The second kappa shape index (κ2) is 8.13. The molecule has 2 aromatic rings. The number of halogens is 1. The first kappa shape index (κ1) is 19.6. The minimum Gasteiger partial charge on any atom is -0.349 e. The van der Waals surface area contributed by atoms with Crippen molar-refractivity contribution in [3.63, 3.8) is 0 Å². The molecule has 0 aliphatic carbocycles. The van der Waals surface area contributed by atoms with E-state index in [0.29, 0.717) is 12.1 Å². The quantitative estimate of drug-likeness (QED) is 0.737. The fourth-order valence-corrected chi connectivity index (χ4v) is 3.56. The standard InChI is InChI=1S/C15H21N5O3S.ClH/c1-24(22,23)15-18-13(12-4-2-3-8-20(12)15)14(21)17-7-11-19-9-5-16-6-10-19;/h2-4,8,16H,5-7,9-11H2,1H3,(H,17,21);1H. The molecule has 1 fully saturated rings. The van der Waals surface area contributed by atoms with Gasteiger partial charge in [0, 0.05) is 51.7 Å². The molecular weight excluding hydrogens is 366 g/mol. The molecule has 8 nitrogen and oxygen atoms in total. The molecule has 0 atom stereocenters. The van der Waals surface area contributed by atoms with E-state index < -0.39 is 9.84 Å². The van der Waals surface area contributed by atoms with Crippen LogP contribution in [0.2, 0.25) is 0 Å². The molecule has 0 unspecified atom stereocenters. The molecule has 10 heteroatoms. The number of carbonyl (C=O) groups excluding carboxylic acids is 1. The Balaban J connectivity index is 0.00000225. The van der Waals surface area contributed by atoms with Crippen LogP contribution in [0.4, 0.5) is 0 Å². The van der Waals surface area contributed by atoms with Crippen LogP contribution in [0.15, 0.2) is 29.6 Å². The summed E-state index contributed by atoms with van der Waals surface area (Å²) in [4.78, 5) is 18.8. The molecule has 0 aromatic carbocycles. The lowest BCUT2D eigenvalue weighted by atomic mass is 10.3. The molecule has 1 saturated heterocycles. The lowest BCUT2D eigenvalue weighted by Crippen LogP contribution is -2.46. The maximum atomic E-state index is 12.4. The first-order valence-corrected chi connectivity index (χ1v) is 9.74. The fourth-order valence-electron chi connectivity index (χ4n) is 2.78. The maximum absolute atomic E-state index is 12.4. The Hall–Kier alpha value is -1.68. The molecule has 1 aliphatic rings. The number of piperazine rings is 1. The third kappa shape index (κ3) is 4.49. The number of hydrogen-bond donors (Lipinski definition) is 2. The number of aromatic nitrogens is 2. The second-order valence-corrected chi connectivity index (χ2v) is 7.73. The smallest absolute Gasteiger partial charge is 0.272 e. The molecule has 25 heavy (non-hydrogen) atoms. The molecule has 1 aliphatic heterocycles. The lowest BCUT2D eigenvalue weighted by Gasteiger charge is -2.26. The molecule has 2 aromatic heterocycles. The number of hydrogen-bond acceptors (Lipinski definition) is 6. The molecule has 0 bridgehead atoms. The van der Waals surface area contributed by atoms with Crippen LogP contribution in [0.1, 0.15) is 10.5 Å². The van der Waals surface area contributed by atoms with E-state index in [1.54, 1.807) is 24.4 Å². The van der Waals surface area contributed by atoms with Crippen LogP contribution < -0.4 is 10.6 Å². The van der Waals surface area contributed by atoms with Crippen molar-refractivity contribution in [2.75, 3.05) is 45.5 Å². The van der Waals surface area contributed by atoms with Crippen molar-refractivity contribution in [1.82, 2.24) is 24.9 Å². The van der Waals surface area contributed by atoms with Gasteiger partial charge in [-0.15, -0.1) is 12.4 Å². The Morgan fingerprint density at radius 3 is 2.72 bits per heavy atom. The molecule has 2 N–H and O–H groups in total. The number of carbonyl (C=O) groups is 1. The second-order valence-electron chi connectivity index (χ2n) is 5.82. The molecule has 3 heterocycles. The highest BCUT2D eigenvalue weighted by Gasteiger charge is 2.22. The van der Waals surface area contributed by atoms with Crippen molar-refractivity contribution in [1.29, 1.82) is 0 Å². The zero-order chi connectivity index (χ0) is 17.2. The average molecular weight is 388 g/mol. The Bertz CT molecular complexity index is 846. The number of imidazole rings is 1. The Labute approximate surface area is 152 Å². The molecule has 0 saturated carbocycles. The topological polar surface area (TPSA) is 95.8 Å². The third-order valence-corrected chi connectivity index (χ3v) is 4.94. The lowest BCUT2D eigenvalue weighted by molar-refractivity contribution is 0.0944. The summed E-state index contributed by atoms with van der Waals surface area (Å²) < 4.78 is 25.2. The molecule has 138 valence electrons. The van der Waals surface area contributed by atoms with Gasteiger partial charge in [-0.2, -0.15) is 0 Å². The highest BCUT2D eigenvalue weighted by molar-refractivity contribution is 7.90. The van der Waals surface area contributed by atoms with Gasteiger partial charge in [0.15, 0.2) is 5.69 Å². The number of amides is 1. The molecule has 0 spiro atoms. The maximum Gasteiger partial charge on any atom is 0.272 e. The van der Waals surface area contributed by atoms with E-state index in [0.717, 1.165) is 39.0 Å². The summed E-state index contributed by atoms with van der Waals surface area (Å²) in [5, 5.41) is 5.99. The summed E-state index contributed by atoms with van der Waals surface area (Å²) in [7, 11) is -3.52. The third-order valence-electron chi connectivity index (χ3n) is 3.99. The van der Waals surface area contributed by atoms with Gasteiger partial charge in [-0.05, 0) is 12.1 Å². The monoisotopic (exact) mass is 387 g/mol. The van der Waals surface area contributed by atoms with Crippen LogP contribution in [0.5, 0.6) is 0 Å². The Kier molecular flexibility index (Phi) is 6.39. The van der Waals surface area contributed by atoms with Crippen molar-refractivity contribution in [2.45, 2.75) is 5.16 Å². The largest absolute Gasteiger partial charge is 0.349 e. The van der Waals surface area contributed by atoms with Crippen molar-refractivity contribution < 1.29 is 13.2 Å². The molecule has 3 rings (SSSR count). The van der Waals surface area contributed by atoms with Crippen LogP contribution >= 0.6 is 12.4 Å². The highest BCUT2D eigenvalue weighted by atomic mass is 35.5. The van der Waals surface area contributed by atoms with E-state index in [2.05, 4.69) is 20.5 Å². The Morgan fingerprint density at radius 1 is 1.32 bits per heavy atom. The number of rotatable bonds is 5. The van der Waals surface area contributed by atoms with Gasteiger partial charge in [-0.1, -0.05) is 6.07 Å². The number of nitrogens with zero attached hydrogens (tertiary/aromatic N) is 3. The van der Waals surface area contributed by atoms with Gasteiger partial charge in [-0.3, -0.25) is 14.1 Å². The first-order valence-electron chi connectivity index (χ1n) is 7.85. The van der Waals surface area contributed by atoms with Crippen molar-refractivity contribution in [3.05, 3.63) is 30.1 Å². The number of fused-ring (bicyclic) bond motifs is 1. The zero-order valence-corrected chi connectivity index (χ0v) is 15.6. The van der Waals surface area contributed by atoms with Crippen LogP contribution in [0.25, 0.3) is 5.52 Å². The number of sulfone groups is 1. The average Bonchev–Trinajstić information content (AvgIpc) is 2.96. The van der Waals surface area contributed by atoms with E-state index in [9.17, 15) is 13.2 Å². The first-order chi connectivity index (χ1) is 11.5. The minimum atomic E-state index is -3.52. The van der Waals surface area contributed by atoms with Crippen LogP contribution in [-0.4, -0.2) is 74.1 Å². The van der Waals surface area contributed by atoms with Gasteiger partial charge in [0.1, 0.15) is 0 Å². The van der Waals surface area contributed by atoms with Gasteiger partial charge in [0.25, 0.3) is 5.91 Å². The summed E-state index contributed by atoms with van der Waals surface area (Å²) in [6.45, 7) is 5.09. The fraction of sp³-hybridized carbons (Fsp3) is 0.467. The van der Waals surface area contributed by atoms with Gasteiger partial charge in [-0.25, -0.2) is 13.4 Å². The van der Waals surface area contributed by atoms with Crippen LogP contribution in [-0.2, 0) is 9.84 Å². The van der Waals surface area contributed by atoms with E-state index in [1.807, 2.05) is 0 Å². The van der Waals surface area contributed by atoms with Gasteiger partial charge in [0.05, 0.1) is 5.52 Å². The summed E-state index contributed by atoms with van der Waals surface area (Å²) in [5.74, 6) is -0.358. The van der Waals surface area contributed by atoms with E-state index in [-0.39, 0.29) is 29.2 Å². The van der Waals surface area contributed by atoms with E-state index >= 15 is 0 Å². The van der Waals surface area contributed by atoms with Crippen molar-refractivity contribution in [3.8, 4) is 0 Å². The summed E-state index contributed by atoms with van der Waals surface area (Å²) in [5.41, 5.74) is 0.619. The summed E-state index contributed by atoms with van der Waals surface area (Å²) in [6.07, 6.45) is 2.68. The SMILES string of the molecule is CS(=O)(=O)c1nc(C(=O)NCCN2CCNCC2)c2ccccn12.Cl. The van der Waals surface area contributed by atoms with Crippen LogP contribution in [0.3, 0.4) is 0 Å². The van der Waals surface area contributed by atoms with Gasteiger partial charge >= 0.3 is 0 Å². The molecule has 1 amide bonds. The molecule has 0 radical (unpaired) electrons. The highest BCUT2D eigenvalue weighted by Crippen LogP contribution is 2.16. The van der Waals surface area contributed by atoms with Crippen LogP contribution in [0, 0.1) is 0 Å². The van der Waals surface area contributed by atoms with Crippen molar-refractivity contribution in [2.24, 2.45) is 0 Å². The predicted octanol–water partition coefficient (Wildman–Crippen LogP) is -0.205. The minimum absolute atomic E-state index is 0. The van der Waals surface area contributed by atoms with Crippen molar-refractivity contribution >= 4 is 33.7 Å². The Morgan fingerprint density at radius 2 is 2.04 bits per heavy atom. The number of pyridine rings is 1. The predicted molar refractivity (Wildman–Crippen MR) is 97.2 cm³/mol. The van der Waals surface area contributed by atoms with Gasteiger partial charge in [0.2, 0.25) is 15.0 Å². The van der Waals surface area contributed by atoms with E-state index in [4.69, 9.17) is 0 Å². The summed E-state index contributed by atoms with van der Waals surface area (Å²) >= 11 is 0. The van der Waals surface area contributed by atoms with Gasteiger partial charge < -0.3 is 10.6 Å². The molecular formula is C15H22ClN5O3S. The zero-order valence-electron chi connectivity index (χ0n) is 13.9. The normalized spacial score (nSPS) is 15.7. The number of nitrogens with one attached hydrogen (secondary N) is 2. The summed E-state index contributed by atoms with van der Waals surface area (Å²) in [6, 6.07) is 5.14. The van der Waals surface area contributed by atoms with E-state index in [1.165, 1.54) is 4.40 Å².